The van der Waals surface area contributed by atoms with E-state index in [1.165, 1.54) is 18.3 Å². The Morgan fingerprint density at radius 1 is 1.18 bits per heavy atom. The van der Waals surface area contributed by atoms with Gasteiger partial charge in [-0.1, -0.05) is 0 Å². The smallest absolute Gasteiger partial charge is 0.161 e. The first-order valence-corrected chi connectivity index (χ1v) is 5.56. The van der Waals surface area contributed by atoms with Gasteiger partial charge in [0, 0.05) is 24.9 Å². The minimum Gasteiger partial charge on any atom is -0.372 e. The summed E-state index contributed by atoms with van der Waals surface area (Å²) in [6.45, 7) is 0. The molecule has 88 valence electrons. The summed E-state index contributed by atoms with van der Waals surface area (Å²) in [6, 6.07) is 3.18. The van der Waals surface area contributed by atoms with Gasteiger partial charge in [-0.2, -0.15) is 0 Å². The Labute approximate surface area is 105 Å². The van der Waals surface area contributed by atoms with Gasteiger partial charge < -0.3 is 5.32 Å². The maximum atomic E-state index is 13.1. The van der Waals surface area contributed by atoms with E-state index in [-0.39, 0.29) is 5.82 Å². The normalized spacial score (nSPS) is 10.4. The molecule has 0 saturated carbocycles. The van der Waals surface area contributed by atoms with Crippen molar-refractivity contribution in [3.05, 3.63) is 40.5 Å². The van der Waals surface area contributed by atoms with Gasteiger partial charge in [0.05, 0.1) is 4.47 Å². The third kappa shape index (κ3) is 2.58. The third-order valence-electron chi connectivity index (χ3n) is 2.10. The number of nitrogens with one attached hydrogen (secondary N) is 1. The lowest BCUT2D eigenvalue weighted by atomic mass is 10.2. The molecular formula is C11H8BrF2N3. The van der Waals surface area contributed by atoms with Crippen LogP contribution in [0.15, 0.2) is 28.9 Å². The van der Waals surface area contributed by atoms with Crippen molar-refractivity contribution < 1.29 is 8.78 Å². The van der Waals surface area contributed by atoms with Gasteiger partial charge in [-0.3, -0.25) is 0 Å². The molecule has 1 aromatic carbocycles. The highest BCUT2D eigenvalue weighted by atomic mass is 79.9. The number of hydrogen-bond donors (Lipinski definition) is 1. The monoisotopic (exact) mass is 299 g/mol. The fraction of sp³-hybridized carbons (Fsp3) is 0.0909. The lowest BCUT2D eigenvalue weighted by Gasteiger charge is -2.05. The van der Waals surface area contributed by atoms with Crippen molar-refractivity contribution in [1.29, 1.82) is 0 Å². The molecule has 17 heavy (non-hydrogen) atoms. The summed E-state index contributed by atoms with van der Waals surface area (Å²) in [7, 11) is 1.70. The van der Waals surface area contributed by atoms with E-state index in [0.29, 0.717) is 15.9 Å². The summed E-state index contributed by atoms with van der Waals surface area (Å²) in [5, 5.41) is 2.85. The Kier molecular flexibility index (Phi) is 3.33. The molecule has 0 bridgehead atoms. The second-order valence-corrected chi connectivity index (χ2v) is 4.15. The van der Waals surface area contributed by atoms with Crippen LogP contribution in [0.4, 0.5) is 14.6 Å². The van der Waals surface area contributed by atoms with Crippen LogP contribution in [0.3, 0.4) is 0 Å². The Hall–Kier alpha value is -1.56. The van der Waals surface area contributed by atoms with Crippen molar-refractivity contribution in [2.24, 2.45) is 0 Å². The second-order valence-electron chi connectivity index (χ2n) is 3.30. The SMILES string of the molecule is CNc1nc(-c2cc(F)cc(F)c2)ncc1Br. The first kappa shape index (κ1) is 11.9. The van der Waals surface area contributed by atoms with Gasteiger partial charge in [0.2, 0.25) is 0 Å². The van der Waals surface area contributed by atoms with Crippen molar-refractivity contribution in [3.63, 3.8) is 0 Å². The van der Waals surface area contributed by atoms with Gasteiger partial charge in [0.25, 0.3) is 0 Å². The van der Waals surface area contributed by atoms with Gasteiger partial charge in [0.15, 0.2) is 5.82 Å². The van der Waals surface area contributed by atoms with Crippen LogP contribution in [0.2, 0.25) is 0 Å². The van der Waals surface area contributed by atoms with Crippen molar-refractivity contribution in [2.45, 2.75) is 0 Å². The van der Waals surface area contributed by atoms with Crippen molar-refractivity contribution in [3.8, 4) is 11.4 Å². The zero-order chi connectivity index (χ0) is 12.4. The molecule has 0 unspecified atom stereocenters. The molecule has 0 fully saturated rings. The number of rotatable bonds is 2. The van der Waals surface area contributed by atoms with Gasteiger partial charge in [-0.05, 0) is 28.1 Å². The molecule has 1 aromatic heterocycles. The summed E-state index contributed by atoms with van der Waals surface area (Å²) < 4.78 is 26.8. The van der Waals surface area contributed by atoms with Gasteiger partial charge >= 0.3 is 0 Å². The molecule has 1 heterocycles. The molecule has 6 heteroatoms. The fourth-order valence-electron chi connectivity index (χ4n) is 1.36. The van der Waals surface area contributed by atoms with Crippen LogP contribution in [0, 0.1) is 11.6 Å². The Morgan fingerprint density at radius 2 is 1.82 bits per heavy atom. The number of benzene rings is 1. The third-order valence-corrected chi connectivity index (χ3v) is 2.68. The quantitative estimate of drug-likeness (QED) is 0.925. The Morgan fingerprint density at radius 3 is 2.41 bits per heavy atom. The Balaban J connectivity index is 2.52. The first-order chi connectivity index (χ1) is 8.10. The lowest BCUT2D eigenvalue weighted by molar-refractivity contribution is 0.584. The van der Waals surface area contributed by atoms with Crippen molar-refractivity contribution in [2.75, 3.05) is 12.4 Å². The van der Waals surface area contributed by atoms with E-state index in [4.69, 9.17) is 0 Å². The highest BCUT2D eigenvalue weighted by molar-refractivity contribution is 9.10. The van der Waals surface area contributed by atoms with E-state index < -0.39 is 11.6 Å². The molecule has 0 aliphatic heterocycles. The average molecular weight is 300 g/mol. The van der Waals surface area contributed by atoms with Crippen molar-refractivity contribution in [1.82, 2.24) is 9.97 Å². The summed E-state index contributed by atoms with van der Waals surface area (Å²) in [4.78, 5) is 8.15. The van der Waals surface area contributed by atoms with Crippen LogP contribution in [0.1, 0.15) is 0 Å². The summed E-state index contributed by atoms with van der Waals surface area (Å²) >= 11 is 3.26. The summed E-state index contributed by atoms with van der Waals surface area (Å²) in [5.41, 5.74) is 0.298. The van der Waals surface area contributed by atoms with E-state index in [1.807, 2.05) is 0 Å². The first-order valence-electron chi connectivity index (χ1n) is 4.77. The minimum atomic E-state index is -0.655. The van der Waals surface area contributed by atoms with E-state index in [9.17, 15) is 8.78 Å². The van der Waals surface area contributed by atoms with E-state index in [0.717, 1.165) is 6.07 Å². The second kappa shape index (κ2) is 4.75. The number of nitrogens with zero attached hydrogens (tertiary/aromatic N) is 2. The zero-order valence-corrected chi connectivity index (χ0v) is 10.4. The standard InChI is InChI=1S/C11H8BrF2N3/c1-15-11-9(12)5-16-10(17-11)6-2-7(13)4-8(14)3-6/h2-5H,1H3,(H,15,16,17). The molecule has 3 nitrogen and oxygen atoms in total. The van der Waals surface area contributed by atoms with Crippen LogP contribution in [0.5, 0.6) is 0 Å². The molecule has 0 amide bonds. The maximum absolute atomic E-state index is 13.1. The summed E-state index contributed by atoms with van der Waals surface area (Å²) in [6.07, 6.45) is 1.52. The number of aromatic nitrogens is 2. The molecular weight excluding hydrogens is 292 g/mol. The largest absolute Gasteiger partial charge is 0.372 e. The molecule has 0 spiro atoms. The van der Waals surface area contributed by atoms with Crippen LogP contribution in [-0.2, 0) is 0 Å². The van der Waals surface area contributed by atoms with E-state index >= 15 is 0 Å². The lowest BCUT2D eigenvalue weighted by Crippen LogP contribution is -1.98. The fourth-order valence-corrected chi connectivity index (χ4v) is 1.75. The van der Waals surface area contributed by atoms with Crippen molar-refractivity contribution >= 4 is 21.7 Å². The zero-order valence-electron chi connectivity index (χ0n) is 8.84. The Bertz CT molecular complexity index is 540. The van der Waals surface area contributed by atoms with E-state index in [1.54, 1.807) is 7.05 Å². The van der Waals surface area contributed by atoms with Gasteiger partial charge in [-0.15, -0.1) is 0 Å². The van der Waals surface area contributed by atoms with Gasteiger partial charge in [-0.25, -0.2) is 18.7 Å². The number of halogens is 3. The number of anilines is 1. The van der Waals surface area contributed by atoms with Crippen LogP contribution >= 0.6 is 15.9 Å². The predicted molar refractivity (Wildman–Crippen MR) is 64.6 cm³/mol. The molecule has 0 saturated heterocycles. The van der Waals surface area contributed by atoms with E-state index in [2.05, 4.69) is 31.2 Å². The van der Waals surface area contributed by atoms with Gasteiger partial charge in [0.1, 0.15) is 17.5 Å². The predicted octanol–water partition coefficient (Wildman–Crippen LogP) is 3.23. The van der Waals surface area contributed by atoms with Crippen LogP contribution < -0.4 is 5.32 Å². The molecule has 2 rings (SSSR count). The molecule has 2 aromatic rings. The van der Waals surface area contributed by atoms with Crippen LogP contribution in [0.25, 0.3) is 11.4 Å². The maximum Gasteiger partial charge on any atom is 0.161 e. The molecule has 0 radical (unpaired) electrons. The molecule has 0 atom stereocenters. The highest BCUT2D eigenvalue weighted by Gasteiger charge is 2.08. The van der Waals surface area contributed by atoms with Crippen LogP contribution in [-0.4, -0.2) is 17.0 Å². The topological polar surface area (TPSA) is 37.8 Å². The summed E-state index contributed by atoms with van der Waals surface area (Å²) in [5.74, 6) is -0.495. The minimum absolute atomic E-state index is 0.260. The molecule has 0 aliphatic carbocycles. The molecule has 0 aliphatic rings. The average Bonchev–Trinajstić information content (AvgIpc) is 2.28. The highest BCUT2D eigenvalue weighted by Crippen LogP contribution is 2.23. The number of hydrogen-bond acceptors (Lipinski definition) is 3. The molecule has 1 N–H and O–H groups in total.